The normalized spacial score (nSPS) is 13.7. The zero-order valence-electron chi connectivity index (χ0n) is 24.8. The van der Waals surface area contributed by atoms with Crippen molar-refractivity contribution in [2.24, 2.45) is 0 Å². The van der Waals surface area contributed by atoms with E-state index in [0.29, 0.717) is 76.8 Å². The monoisotopic (exact) mass is 631 g/mol. The number of likely N-dealkylation sites (tertiary alicyclic amines) is 1. The van der Waals surface area contributed by atoms with E-state index in [2.05, 4.69) is 37.0 Å². The van der Waals surface area contributed by atoms with E-state index in [0.717, 1.165) is 0 Å². The second-order valence-corrected chi connectivity index (χ2v) is 11.4. The second-order valence-electron chi connectivity index (χ2n) is 10.6. The van der Waals surface area contributed by atoms with Crippen LogP contribution in [0.4, 0.5) is 15.9 Å². The van der Waals surface area contributed by atoms with Crippen LogP contribution < -0.4 is 19.5 Å². The number of thiazole rings is 1. The molecule has 1 amide bonds. The molecule has 0 saturated carbocycles. The maximum Gasteiger partial charge on any atom is 0.279 e. The third-order valence-corrected chi connectivity index (χ3v) is 7.90. The number of aromatic nitrogens is 5. The summed E-state index contributed by atoms with van der Waals surface area (Å²) in [6.07, 6.45) is 3.92. The van der Waals surface area contributed by atoms with E-state index in [4.69, 9.17) is 18.6 Å². The standard InChI is InChI=1S/C31H30FN7O5S/c1-5-27(40)39-10-8-18(9-11-39)42-26-13-20-23(14-25(26)41-4)33-16-34-28(20)35-22-7-6-19(12-21(22)32)43-31-36-24(15-45-31)30-38-37-29(44-30)17(2)3/h5-7,12-18H,1,8-11H2,2-4H3,(H,33,34,35). The molecule has 1 aliphatic rings. The van der Waals surface area contributed by atoms with Crippen molar-refractivity contribution in [3.05, 3.63) is 66.4 Å². The van der Waals surface area contributed by atoms with Gasteiger partial charge in [0.15, 0.2) is 11.5 Å². The number of anilines is 2. The largest absolute Gasteiger partial charge is 0.493 e. The van der Waals surface area contributed by atoms with Crippen molar-refractivity contribution in [2.75, 3.05) is 25.5 Å². The Morgan fingerprint density at radius 3 is 2.71 bits per heavy atom. The van der Waals surface area contributed by atoms with Gasteiger partial charge in [-0.1, -0.05) is 31.8 Å². The fourth-order valence-corrected chi connectivity index (χ4v) is 5.44. The number of carbonyl (C=O) groups is 1. The molecule has 45 heavy (non-hydrogen) atoms. The van der Waals surface area contributed by atoms with E-state index in [1.54, 1.807) is 41.7 Å². The Morgan fingerprint density at radius 1 is 1.18 bits per heavy atom. The molecule has 6 rings (SSSR count). The molecule has 2 aromatic carbocycles. The molecule has 1 fully saturated rings. The van der Waals surface area contributed by atoms with Crippen molar-refractivity contribution in [3.8, 4) is 34.0 Å². The van der Waals surface area contributed by atoms with Gasteiger partial charge in [0.25, 0.3) is 11.1 Å². The summed E-state index contributed by atoms with van der Waals surface area (Å²) in [6.45, 7) is 8.61. The molecule has 0 unspecified atom stereocenters. The molecule has 5 aromatic rings. The van der Waals surface area contributed by atoms with Gasteiger partial charge in [0.05, 0.1) is 18.3 Å². The first-order valence-electron chi connectivity index (χ1n) is 14.3. The van der Waals surface area contributed by atoms with Gasteiger partial charge in [0, 0.05) is 54.7 Å². The predicted molar refractivity (Wildman–Crippen MR) is 166 cm³/mol. The van der Waals surface area contributed by atoms with Gasteiger partial charge >= 0.3 is 0 Å². The summed E-state index contributed by atoms with van der Waals surface area (Å²) in [5, 5.41) is 13.8. The number of ether oxygens (including phenoxy) is 3. The summed E-state index contributed by atoms with van der Waals surface area (Å²) in [6, 6.07) is 7.97. The molecule has 0 aliphatic carbocycles. The third kappa shape index (κ3) is 6.55. The number of benzene rings is 2. The van der Waals surface area contributed by atoms with Gasteiger partial charge in [-0.3, -0.25) is 4.79 Å². The molecular weight excluding hydrogens is 601 g/mol. The molecule has 3 aromatic heterocycles. The number of fused-ring (bicyclic) bond motifs is 1. The number of nitrogens with one attached hydrogen (secondary N) is 1. The number of piperidine rings is 1. The number of amides is 1. The molecule has 0 radical (unpaired) electrons. The van der Waals surface area contributed by atoms with Crippen LogP contribution >= 0.6 is 11.3 Å². The summed E-state index contributed by atoms with van der Waals surface area (Å²) >= 11 is 1.23. The second kappa shape index (κ2) is 12.9. The molecular formula is C31H30FN7O5S. The van der Waals surface area contributed by atoms with Gasteiger partial charge in [-0.05, 0) is 24.3 Å². The van der Waals surface area contributed by atoms with E-state index in [1.807, 2.05) is 13.8 Å². The SMILES string of the molecule is C=CC(=O)N1CCC(Oc2cc3c(Nc4ccc(Oc5nc(-c6nnc(C(C)C)o6)cs5)cc4F)ncnc3cc2OC)CC1. The fraction of sp³-hybridized carbons (Fsp3) is 0.290. The van der Waals surface area contributed by atoms with Crippen LogP contribution in [0.25, 0.3) is 22.5 Å². The van der Waals surface area contributed by atoms with E-state index < -0.39 is 5.82 Å². The fourth-order valence-electron chi connectivity index (χ4n) is 4.78. The molecule has 12 nitrogen and oxygen atoms in total. The lowest BCUT2D eigenvalue weighted by atomic mass is 10.1. The summed E-state index contributed by atoms with van der Waals surface area (Å²) in [5.41, 5.74) is 1.26. The first-order chi connectivity index (χ1) is 21.8. The zero-order chi connectivity index (χ0) is 31.5. The van der Waals surface area contributed by atoms with Crippen molar-refractivity contribution in [1.82, 2.24) is 30.0 Å². The average Bonchev–Trinajstić information content (AvgIpc) is 3.73. The minimum atomic E-state index is -0.555. The lowest BCUT2D eigenvalue weighted by Crippen LogP contribution is -2.41. The number of halogens is 1. The summed E-state index contributed by atoms with van der Waals surface area (Å²) in [5.74, 6) is 1.93. The van der Waals surface area contributed by atoms with E-state index in [1.165, 1.54) is 29.8 Å². The van der Waals surface area contributed by atoms with Crippen LogP contribution in [0.3, 0.4) is 0 Å². The lowest BCUT2D eigenvalue weighted by molar-refractivity contribution is -0.127. The van der Waals surface area contributed by atoms with Crippen molar-refractivity contribution in [1.29, 1.82) is 0 Å². The molecule has 1 N–H and O–H groups in total. The minimum absolute atomic E-state index is 0.0886. The maximum atomic E-state index is 15.3. The van der Waals surface area contributed by atoms with Crippen molar-refractivity contribution < 1.29 is 27.8 Å². The Balaban J connectivity index is 1.17. The van der Waals surface area contributed by atoms with E-state index in [9.17, 15) is 4.79 Å². The van der Waals surface area contributed by atoms with Gasteiger partial charge in [0.2, 0.25) is 11.8 Å². The maximum absolute atomic E-state index is 15.3. The zero-order valence-corrected chi connectivity index (χ0v) is 25.6. The number of hydrogen-bond acceptors (Lipinski definition) is 12. The van der Waals surface area contributed by atoms with Gasteiger partial charge in [-0.15, -0.1) is 10.2 Å². The minimum Gasteiger partial charge on any atom is -0.493 e. The number of nitrogens with zero attached hydrogens (tertiary/aromatic N) is 6. The highest BCUT2D eigenvalue weighted by Crippen LogP contribution is 2.37. The van der Waals surface area contributed by atoms with Crippen LogP contribution in [-0.2, 0) is 4.79 Å². The summed E-state index contributed by atoms with van der Waals surface area (Å²) in [7, 11) is 1.55. The lowest BCUT2D eigenvalue weighted by Gasteiger charge is -2.31. The Morgan fingerprint density at radius 2 is 2.00 bits per heavy atom. The van der Waals surface area contributed by atoms with Crippen LogP contribution in [0.2, 0.25) is 0 Å². The molecule has 232 valence electrons. The predicted octanol–water partition coefficient (Wildman–Crippen LogP) is 6.50. The number of carbonyl (C=O) groups excluding carboxylic acids is 1. The molecule has 14 heteroatoms. The van der Waals surface area contributed by atoms with Crippen LogP contribution in [0.5, 0.6) is 22.4 Å². The molecule has 0 bridgehead atoms. The van der Waals surface area contributed by atoms with Gasteiger partial charge in [-0.25, -0.2) is 14.4 Å². The third-order valence-electron chi connectivity index (χ3n) is 7.18. The van der Waals surface area contributed by atoms with Crippen LogP contribution in [0.1, 0.15) is 38.5 Å². The van der Waals surface area contributed by atoms with Gasteiger partial charge in [0.1, 0.15) is 35.5 Å². The molecule has 1 saturated heterocycles. The summed E-state index contributed by atoms with van der Waals surface area (Å²) < 4.78 is 38.6. The molecule has 0 atom stereocenters. The van der Waals surface area contributed by atoms with Gasteiger partial charge < -0.3 is 28.8 Å². The van der Waals surface area contributed by atoms with Crippen molar-refractivity contribution in [2.45, 2.75) is 38.7 Å². The number of hydrogen-bond donors (Lipinski definition) is 1. The smallest absolute Gasteiger partial charge is 0.279 e. The average molecular weight is 632 g/mol. The first kappa shape index (κ1) is 29.9. The highest BCUT2D eigenvalue weighted by Gasteiger charge is 2.24. The van der Waals surface area contributed by atoms with Crippen LogP contribution in [0.15, 0.2) is 59.1 Å². The Labute approximate surface area is 261 Å². The Kier molecular flexibility index (Phi) is 8.56. The first-order valence-corrected chi connectivity index (χ1v) is 15.1. The van der Waals surface area contributed by atoms with Crippen LogP contribution in [0, 0.1) is 5.82 Å². The molecule has 0 spiro atoms. The topological polar surface area (TPSA) is 138 Å². The van der Waals surface area contributed by atoms with Gasteiger partial charge in [-0.2, -0.15) is 4.98 Å². The quantitative estimate of drug-likeness (QED) is 0.169. The van der Waals surface area contributed by atoms with E-state index in [-0.39, 0.29) is 29.4 Å². The van der Waals surface area contributed by atoms with E-state index >= 15 is 4.39 Å². The highest BCUT2D eigenvalue weighted by molar-refractivity contribution is 7.11. The molecule has 4 heterocycles. The Hall–Kier alpha value is -5.11. The van der Waals surface area contributed by atoms with Crippen molar-refractivity contribution >= 4 is 39.7 Å². The summed E-state index contributed by atoms with van der Waals surface area (Å²) in [4.78, 5) is 26.8. The number of methoxy groups -OCH3 is 1. The molecule has 1 aliphatic heterocycles. The van der Waals surface area contributed by atoms with Crippen molar-refractivity contribution in [3.63, 3.8) is 0 Å². The Bertz CT molecular complexity index is 1850. The van der Waals surface area contributed by atoms with Crippen LogP contribution in [-0.4, -0.2) is 62.3 Å². The number of rotatable bonds is 10. The highest BCUT2D eigenvalue weighted by atomic mass is 32.1.